The van der Waals surface area contributed by atoms with Gasteiger partial charge in [0.05, 0.1) is 19.1 Å². The molecule has 0 spiro atoms. The fourth-order valence-electron chi connectivity index (χ4n) is 2.15. The SMILES string of the molecule is Cc1ccc(N)cc1NC(=O)CCOC1CCOCC1. The molecule has 2 rings (SSSR count). The molecule has 1 aromatic rings. The van der Waals surface area contributed by atoms with Crippen LogP contribution in [0.1, 0.15) is 24.8 Å². The van der Waals surface area contributed by atoms with Gasteiger partial charge in [0, 0.05) is 24.6 Å². The number of hydrogen-bond donors (Lipinski definition) is 2. The zero-order valence-electron chi connectivity index (χ0n) is 11.9. The van der Waals surface area contributed by atoms with Crippen molar-refractivity contribution >= 4 is 17.3 Å². The molecule has 20 heavy (non-hydrogen) atoms. The quantitative estimate of drug-likeness (QED) is 0.809. The van der Waals surface area contributed by atoms with Gasteiger partial charge in [0.2, 0.25) is 5.91 Å². The van der Waals surface area contributed by atoms with Crippen molar-refractivity contribution < 1.29 is 14.3 Å². The van der Waals surface area contributed by atoms with Crippen LogP contribution in [0.4, 0.5) is 11.4 Å². The van der Waals surface area contributed by atoms with E-state index in [0.717, 1.165) is 37.3 Å². The van der Waals surface area contributed by atoms with Crippen molar-refractivity contribution in [2.24, 2.45) is 0 Å². The molecule has 5 nitrogen and oxygen atoms in total. The number of anilines is 2. The standard InChI is InChI=1S/C15H22N2O3/c1-11-2-3-12(16)10-14(11)17-15(18)6-9-20-13-4-7-19-8-5-13/h2-3,10,13H,4-9,16H2,1H3,(H,17,18). The van der Waals surface area contributed by atoms with Crippen molar-refractivity contribution in [3.63, 3.8) is 0 Å². The van der Waals surface area contributed by atoms with E-state index in [0.29, 0.717) is 18.7 Å². The smallest absolute Gasteiger partial charge is 0.226 e. The molecular weight excluding hydrogens is 256 g/mol. The number of carbonyl (C=O) groups excluding carboxylic acids is 1. The Balaban J connectivity index is 1.73. The van der Waals surface area contributed by atoms with Crippen LogP contribution in [0.15, 0.2) is 18.2 Å². The number of ether oxygens (including phenoxy) is 2. The van der Waals surface area contributed by atoms with Crippen LogP contribution < -0.4 is 11.1 Å². The summed E-state index contributed by atoms with van der Waals surface area (Å²) < 4.78 is 10.9. The highest BCUT2D eigenvalue weighted by molar-refractivity contribution is 5.92. The number of nitrogens with two attached hydrogens (primary N) is 1. The van der Waals surface area contributed by atoms with Gasteiger partial charge in [-0.15, -0.1) is 0 Å². The normalized spacial score (nSPS) is 16.1. The number of amides is 1. The molecule has 5 heteroatoms. The fraction of sp³-hybridized carbons (Fsp3) is 0.533. The Bertz CT molecular complexity index is 456. The van der Waals surface area contributed by atoms with Gasteiger partial charge in [-0.25, -0.2) is 0 Å². The summed E-state index contributed by atoms with van der Waals surface area (Å²) in [4.78, 5) is 11.9. The summed E-state index contributed by atoms with van der Waals surface area (Å²) in [7, 11) is 0. The van der Waals surface area contributed by atoms with Gasteiger partial charge in [0.25, 0.3) is 0 Å². The molecule has 1 aromatic carbocycles. The Hall–Kier alpha value is -1.59. The van der Waals surface area contributed by atoms with E-state index in [1.807, 2.05) is 19.1 Å². The van der Waals surface area contributed by atoms with E-state index in [-0.39, 0.29) is 12.0 Å². The summed E-state index contributed by atoms with van der Waals surface area (Å²) in [5.74, 6) is -0.0502. The Morgan fingerprint density at radius 2 is 2.20 bits per heavy atom. The number of carbonyl (C=O) groups is 1. The van der Waals surface area contributed by atoms with Crippen LogP contribution in [0.5, 0.6) is 0 Å². The molecule has 1 heterocycles. The van der Waals surface area contributed by atoms with E-state index in [1.165, 1.54) is 0 Å². The van der Waals surface area contributed by atoms with Crippen LogP contribution in [0.25, 0.3) is 0 Å². The van der Waals surface area contributed by atoms with Gasteiger partial charge in [-0.3, -0.25) is 4.79 Å². The summed E-state index contributed by atoms with van der Waals surface area (Å²) in [6.07, 6.45) is 2.41. The summed E-state index contributed by atoms with van der Waals surface area (Å²) >= 11 is 0. The van der Waals surface area contributed by atoms with Gasteiger partial charge >= 0.3 is 0 Å². The first-order valence-electron chi connectivity index (χ1n) is 7.00. The Morgan fingerprint density at radius 3 is 2.95 bits per heavy atom. The van der Waals surface area contributed by atoms with Crippen molar-refractivity contribution in [3.8, 4) is 0 Å². The first kappa shape index (κ1) is 14.8. The average Bonchev–Trinajstić information content (AvgIpc) is 2.44. The van der Waals surface area contributed by atoms with Gasteiger partial charge in [-0.1, -0.05) is 6.07 Å². The third-order valence-electron chi connectivity index (χ3n) is 3.39. The second kappa shape index (κ2) is 7.26. The van der Waals surface area contributed by atoms with Crippen molar-refractivity contribution in [1.29, 1.82) is 0 Å². The minimum Gasteiger partial charge on any atom is -0.399 e. The molecule has 1 amide bonds. The maximum atomic E-state index is 11.9. The Morgan fingerprint density at radius 1 is 1.45 bits per heavy atom. The van der Waals surface area contributed by atoms with Gasteiger partial charge < -0.3 is 20.5 Å². The molecule has 0 bridgehead atoms. The summed E-state index contributed by atoms with van der Waals surface area (Å²) in [6.45, 7) is 3.88. The first-order valence-corrected chi connectivity index (χ1v) is 7.00. The zero-order valence-corrected chi connectivity index (χ0v) is 11.9. The number of rotatable bonds is 5. The highest BCUT2D eigenvalue weighted by Crippen LogP contribution is 2.18. The second-order valence-corrected chi connectivity index (χ2v) is 5.06. The zero-order chi connectivity index (χ0) is 14.4. The predicted molar refractivity (Wildman–Crippen MR) is 78.6 cm³/mol. The first-order chi connectivity index (χ1) is 9.65. The number of nitrogens with one attached hydrogen (secondary N) is 1. The fourth-order valence-corrected chi connectivity index (χ4v) is 2.15. The van der Waals surface area contributed by atoms with Crippen LogP contribution in [-0.2, 0) is 14.3 Å². The molecule has 1 saturated heterocycles. The highest BCUT2D eigenvalue weighted by Gasteiger charge is 2.14. The maximum absolute atomic E-state index is 11.9. The molecule has 0 unspecified atom stereocenters. The molecule has 0 atom stereocenters. The third-order valence-corrected chi connectivity index (χ3v) is 3.39. The largest absolute Gasteiger partial charge is 0.399 e. The number of aryl methyl sites for hydroxylation is 1. The van der Waals surface area contributed by atoms with Gasteiger partial charge in [-0.2, -0.15) is 0 Å². The minimum atomic E-state index is -0.0502. The lowest BCUT2D eigenvalue weighted by Crippen LogP contribution is -2.25. The third kappa shape index (κ3) is 4.51. The number of hydrogen-bond acceptors (Lipinski definition) is 4. The summed E-state index contributed by atoms with van der Waals surface area (Å²) in [5.41, 5.74) is 8.12. The van der Waals surface area contributed by atoms with E-state index < -0.39 is 0 Å². The Labute approximate surface area is 119 Å². The molecule has 0 radical (unpaired) electrons. The molecular formula is C15H22N2O3. The second-order valence-electron chi connectivity index (χ2n) is 5.06. The van der Waals surface area contributed by atoms with Gasteiger partial charge in [0.15, 0.2) is 0 Å². The average molecular weight is 278 g/mol. The van der Waals surface area contributed by atoms with E-state index in [2.05, 4.69) is 5.32 Å². The lowest BCUT2D eigenvalue weighted by Gasteiger charge is -2.22. The van der Waals surface area contributed by atoms with Gasteiger partial charge in [0.1, 0.15) is 0 Å². The van der Waals surface area contributed by atoms with E-state index >= 15 is 0 Å². The summed E-state index contributed by atoms with van der Waals surface area (Å²) in [5, 5.41) is 2.87. The number of nitrogen functional groups attached to an aromatic ring is 1. The topological polar surface area (TPSA) is 73.6 Å². The van der Waals surface area contributed by atoms with E-state index in [9.17, 15) is 4.79 Å². The Kier molecular flexibility index (Phi) is 5.38. The molecule has 1 aliphatic heterocycles. The van der Waals surface area contributed by atoms with E-state index in [1.54, 1.807) is 6.07 Å². The monoisotopic (exact) mass is 278 g/mol. The minimum absolute atomic E-state index is 0.0502. The van der Waals surface area contributed by atoms with Crippen LogP contribution in [-0.4, -0.2) is 31.8 Å². The van der Waals surface area contributed by atoms with Crippen molar-refractivity contribution in [2.75, 3.05) is 30.9 Å². The van der Waals surface area contributed by atoms with Crippen molar-refractivity contribution in [2.45, 2.75) is 32.3 Å². The molecule has 3 N–H and O–H groups in total. The van der Waals surface area contributed by atoms with E-state index in [4.69, 9.17) is 15.2 Å². The maximum Gasteiger partial charge on any atom is 0.226 e. The predicted octanol–water partition coefficient (Wildman–Crippen LogP) is 2.10. The van der Waals surface area contributed by atoms with Crippen molar-refractivity contribution in [3.05, 3.63) is 23.8 Å². The van der Waals surface area contributed by atoms with Gasteiger partial charge in [-0.05, 0) is 37.5 Å². The molecule has 0 aliphatic carbocycles. The highest BCUT2D eigenvalue weighted by atomic mass is 16.5. The molecule has 110 valence electrons. The number of benzene rings is 1. The lowest BCUT2D eigenvalue weighted by molar-refractivity contribution is -0.118. The molecule has 0 saturated carbocycles. The summed E-state index contributed by atoms with van der Waals surface area (Å²) in [6, 6.07) is 5.48. The van der Waals surface area contributed by atoms with Crippen LogP contribution in [0.3, 0.4) is 0 Å². The van der Waals surface area contributed by atoms with Crippen LogP contribution in [0.2, 0.25) is 0 Å². The molecule has 0 aromatic heterocycles. The van der Waals surface area contributed by atoms with Crippen molar-refractivity contribution in [1.82, 2.24) is 0 Å². The molecule has 1 fully saturated rings. The van der Waals surface area contributed by atoms with Crippen LogP contribution in [0, 0.1) is 6.92 Å². The molecule has 1 aliphatic rings. The van der Waals surface area contributed by atoms with Crippen LogP contribution >= 0.6 is 0 Å². The lowest BCUT2D eigenvalue weighted by atomic mass is 10.1.